The van der Waals surface area contributed by atoms with E-state index < -0.39 is 0 Å². The van der Waals surface area contributed by atoms with Gasteiger partial charge in [-0.1, -0.05) is 12.8 Å². The molecular weight excluding hydrogens is 360 g/mol. The molecule has 0 radical (unpaired) electrons. The number of hydrogen-bond acceptors (Lipinski definition) is 4. The minimum absolute atomic E-state index is 0.0173. The summed E-state index contributed by atoms with van der Waals surface area (Å²) in [6, 6.07) is 3.48. The molecule has 2 atom stereocenters. The summed E-state index contributed by atoms with van der Waals surface area (Å²) >= 11 is 0. The van der Waals surface area contributed by atoms with Crippen molar-refractivity contribution in [3.8, 4) is 0 Å². The van der Waals surface area contributed by atoms with Crippen molar-refractivity contribution in [2.24, 2.45) is 13.0 Å². The van der Waals surface area contributed by atoms with Gasteiger partial charge in [-0.05, 0) is 25.0 Å². The van der Waals surface area contributed by atoms with Gasteiger partial charge in [0.15, 0.2) is 0 Å². The van der Waals surface area contributed by atoms with E-state index in [4.69, 9.17) is 4.74 Å². The molecule has 0 unspecified atom stereocenters. The molecule has 154 valence electrons. The highest BCUT2D eigenvalue weighted by molar-refractivity contribution is 5.93. The number of hydrogen-bond donors (Lipinski definition) is 1. The van der Waals surface area contributed by atoms with Crippen molar-refractivity contribution in [1.29, 1.82) is 0 Å². The van der Waals surface area contributed by atoms with E-state index >= 15 is 0 Å². The summed E-state index contributed by atoms with van der Waals surface area (Å²) in [6.07, 6.45) is 5.42. The normalized spacial score (nSPS) is 23.7. The highest BCUT2D eigenvalue weighted by Crippen LogP contribution is 2.29. The number of carbonyl (C=O) groups is 3. The van der Waals surface area contributed by atoms with E-state index in [-0.39, 0.29) is 36.3 Å². The number of nitrogens with zero attached hydrogens (tertiary/aromatic N) is 3. The number of methoxy groups -OCH3 is 1. The second-order valence-electron chi connectivity index (χ2n) is 7.57. The maximum absolute atomic E-state index is 13.0. The Bertz CT molecular complexity index is 717. The first-order valence-electron chi connectivity index (χ1n) is 9.99. The van der Waals surface area contributed by atoms with Gasteiger partial charge < -0.3 is 24.4 Å². The van der Waals surface area contributed by atoms with E-state index in [1.54, 1.807) is 20.4 Å². The Balaban J connectivity index is 1.83. The van der Waals surface area contributed by atoms with Gasteiger partial charge in [-0.2, -0.15) is 0 Å². The molecule has 8 heteroatoms. The fourth-order valence-electron chi connectivity index (χ4n) is 4.31. The SMILES string of the molecule is COCC(=O)N1CCN(C(=O)c2cccn2C)CCNC(=O)[C@H]2CCCC[C@H]21. The fourth-order valence-corrected chi connectivity index (χ4v) is 4.31. The van der Waals surface area contributed by atoms with E-state index in [0.29, 0.717) is 31.9 Å². The molecule has 28 heavy (non-hydrogen) atoms. The van der Waals surface area contributed by atoms with E-state index in [0.717, 1.165) is 25.7 Å². The molecule has 2 aliphatic rings. The van der Waals surface area contributed by atoms with Crippen LogP contribution in [-0.4, -0.2) is 78.0 Å². The quantitative estimate of drug-likeness (QED) is 0.821. The Morgan fingerprint density at radius 2 is 2.00 bits per heavy atom. The molecule has 0 spiro atoms. The maximum atomic E-state index is 13.0. The minimum atomic E-state index is -0.190. The number of aryl methyl sites for hydroxylation is 1. The van der Waals surface area contributed by atoms with Gasteiger partial charge >= 0.3 is 0 Å². The fraction of sp³-hybridized carbons (Fsp3) is 0.650. The van der Waals surface area contributed by atoms with Gasteiger partial charge in [0.1, 0.15) is 12.3 Å². The van der Waals surface area contributed by atoms with Crippen LogP contribution in [0, 0.1) is 5.92 Å². The minimum Gasteiger partial charge on any atom is -0.375 e. The molecule has 1 saturated carbocycles. The van der Waals surface area contributed by atoms with Crippen molar-refractivity contribution in [2.75, 3.05) is 39.9 Å². The monoisotopic (exact) mass is 390 g/mol. The first kappa shape index (κ1) is 20.4. The van der Waals surface area contributed by atoms with Crippen LogP contribution in [0.2, 0.25) is 0 Å². The number of carbonyl (C=O) groups excluding carboxylic acids is 3. The standard InChI is InChI=1S/C20H30N4O4/c1-22-10-5-8-17(22)20(27)23-11-9-21-19(26)15-6-3-4-7-16(15)24(13-12-23)18(25)14-28-2/h5,8,10,15-16H,3-4,6-7,9,11-14H2,1-2H3,(H,21,26)/t15-,16+/m0/s1. The van der Waals surface area contributed by atoms with E-state index in [2.05, 4.69) is 5.32 Å². The first-order valence-corrected chi connectivity index (χ1v) is 9.99. The summed E-state index contributed by atoms with van der Waals surface area (Å²) in [5.74, 6) is -0.432. The second-order valence-corrected chi connectivity index (χ2v) is 7.57. The Labute approximate surface area is 165 Å². The number of nitrogens with one attached hydrogen (secondary N) is 1. The largest absolute Gasteiger partial charge is 0.375 e. The number of ether oxygens (including phenoxy) is 1. The summed E-state index contributed by atoms with van der Waals surface area (Å²) in [5, 5.41) is 2.98. The molecule has 1 N–H and O–H groups in total. The van der Waals surface area contributed by atoms with Crippen LogP contribution in [0.3, 0.4) is 0 Å². The van der Waals surface area contributed by atoms with E-state index in [1.807, 2.05) is 19.3 Å². The van der Waals surface area contributed by atoms with E-state index in [9.17, 15) is 14.4 Å². The first-order chi connectivity index (χ1) is 13.5. The number of amides is 3. The Kier molecular flexibility index (Phi) is 6.72. The molecule has 1 aromatic heterocycles. The van der Waals surface area contributed by atoms with Gasteiger partial charge in [-0.25, -0.2) is 0 Å². The predicted octanol–water partition coefficient (Wildman–Crippen LogP) is 0.631. The van der Waals surface area contributed by atoms with Crippen molar-refractivity contribution in [3.63, 3.8) is 0 Å². The Hall–Kier alpha value is -2.35. The highest BCUT2D eigenvalue weighted by Gasteiger charge is 2.37. The molecule has 0 aromatic carbocycles. The zero-order valence-electron chi connectivity index (χ0n) is 16.7. The summed E-state index contributed by atoms with van der Waals surface area (Å²) < 4.78 is 6.85. The van der Waals surface area contributed by atoms with Crippen LogP contribution < -0.4 is 5.32 Å². The van der Waals surface area contributed by atoms with Crippen molar-refractivity contribution in [2.45, 2.75) is 31.7 Å². The van der Waals surface area contributed by atoms with Crippen LogP contribution in [0.15, 0.2) is 18.3 Å². The number of aromatic nitrogens is 1. The molecule has 3 amide bonds. The molecule has 1 aliphatic carbocycles. The molecule has 2 heterocycles. The number of fused-ring (bicyclic) bond motifs is 1. The zero-order valence-corrected chi connectivity index (χ0v) is 16.7. The molecule has 1 saturated heterocycles. The lowest BCUT2D eigenvalue weighted by Gasteiger charge is -2.41. The topological polar surface area (TPSA) is 83.9 Å². The Morgan fingerprint density at radius 3 is 2.71 bits per heavy atom. The number of rotatable bonds is 3. The lowest BCUT2D eigenvalue weighted by atomic mass is 9.82. The molecule has 2 fully saturated rings. The predicted molar refractivity (Wildman–Crippen MR) is 104 cm³/mol. The summed E-state index contributed by atoms with van der Waals surface area (Å²) in [7, 11) is 3.33. The molecule has 3 rings (SSSR count). The van der Waals surface area contributed by atoms with Crippen LogP contribution in [0.1, 0.15) is 36.2 Å². The molecule has 1 aliphatic heterocycles. The summed E-state index contributed by atoms with van der Waals surface area (Å²) in [5.41, 5.74) is 0.591. The lowest BCUT2D eigenvalue weighted by molar-refractivity contribution is -0.142. The van der Waals surface area contributed by atoms with Crippen LogP contribution in [0.4, 0.5) is 0 Å². The third-order valence-electron chi connectivity index (χ3n) is 5.80. The third kappa shape index (κ3) is 4.38. The van der Waals surface area contributed by atoms with Crippen molar-refractivity contribution in [3.05, 3.63) is 24.0 Å². The molecule has 0 bridgehead atoms. The van der Waals surface area contributed by atoms with Crippen LogP contribution in [-0.2, 0) is 21.4 Å². The lowest BCUT2D eigenvalue weighted by Crippen LogP contribution is -2.56. The van der Waals surface area contributed by atoms with Gasteiger partial charge in [0.25, 0.3) is 5.91 Å². The van der Waals surface area contributed by atoms with Crippen LogP contribution in [0.5, 0.6) is 0 Å². The summed E-state index contributed by atoms with van der Waals surface area (Å²) in [4.78, 5) is 42.0. The van der Waals surface area contributed by atoms with E-state index in [1.165, 1.54) is 7.11 Å². The van der Waals surface area contributed by atoms with Crippen molar-refractivity contribution >= 4 is 17.7 Å². The molecular formula is C20H30N4O4. The van der Waals surface area contributed by atoms with Crippen molar-refractivity contribution < 1.29 is 19.1 Å². The van der Waals surface area contributed by atoms with Gasteiger partial charge in [0, 0.05) is 52.6 Å². The Morgan fingerprint density at radius 1 is 1.21 bits per heavy atom. The molecule has 1 aromatic rings. The average Bonchev–Trinajstić information content (AvgIpc) is 3.12. The van der Waals surface area contributed by atoms with Crippen LogP contribution in [0.25, 0.3) is 0 Å². The zero-order chi connectivity index (χ0) is 20.1. The van der Waals surface area contributed by atoms with Gasteiger partial charge in [-0.15, -0.1) is 0 Å². The average molecular weight is 390 g/mol. The van der Waals surface area contributed by atoms with Gasteiger partial charge in [-0.3, -0.25) is 14.4 Å². The highest BCUT2D eigenvalue weighted by atomic mass is 16.5. The smallest absolute Gasteiger partial charge is 0.270 e. The van der Waals surface area contributed by atoms with Crippen molar-refractivity contribution in [1.82, 2.24) is 19.7 Å². The molecule has 8 nitrogen and oxygen atoms in total. The third-order valence-corrected chi connectivity index (χ3v) is 5.80. The second kappa shape index (κ2) is 9.23. The van der Waals surface area contributed by atoms with Gasteiger partial charge in [0.2, 0.25) is 11.8 Å². The maximum Gasteiger partial charge on any atom is 0.270 e. The van der Waals surface area contributed by atoms with Crippen LogP contribution >= 0.6 is 0 Å². The summed E-state index contributed by atoms with van der Waals surface area (Å²) in [6.45, 7) is 1.66. The van der Waals surface area contributed by atoms with Gasteiger partial charge in [0.05, 0.1) is 5.92 Å².